The van der Waals surface area contributed by atoms with E-state index in [1.807, 2.05) is 0 Å². The zero-order valence-electron chi connectivity index (χ0n) is 19.0. The zero-order valence-corrected chi connectivity index (χ0v) is 19.8. The first-order valence-electron chi connectivity index (χ1n) is 10.6. The fraction of sp³-hybridized carbons (Fsp3) is 0.429. The minimum atomic E-state index is -4.65. The Kier molecular flexibility index (Phi) is 5.98. The molecule has 1 aliphatic heterocycles. The number of pyridine rings is 1. The molecular formula is C21H22F4N6O3S. The Bertz CT molecular complexity index is 1400. The van der Waals surface area contributed by atoms with Crippen molar-refractivity contribution in [1.82, 2.24) is 24.3 Å². The molecular weight excluding hydrogens is 492 g/mol. The second-order valence-electron chi connectivity index (χ2n) is 8.63. The van der Waals surface area contributed by atoms with E-state index in [0.29, 0.717) is 12.8 Å². The quantitative estimate of drug-likeness (QED) is 0.522. The highest BCUT2D eigenvalue weighted by atomic mass is 32.2. The number of hydrogen-bond donors (Lipinski definition) is 1. The van der Waals surface area contributed by atoms with Crippen molar-refractivity contribution in [2.45, 2.75) is 50.6 Å². The largest absolute Gasteiger partial charge is 0.435 e. The number of alkyl halides is 3. The van der Waals surface area contributed by atoms with E-state index >= 15 is 0 Å². The summed E-state index contributed by atoms with van der Waals surface area (Å²) in [4.78, 5) is 20.7. The number of halogens is 4. The van der Waals surface area contributed by atoms with Crippen LogP contribution in [0.2, 0.25) is 0 Å². The summed E-state index contributed by atoms with van der Waals surface area (Å²) in [6, 6.07) is 0.716. The molecule has 1 amide bonds. The third-order valence-corrected chi connectivity index (χ3v) is 8.78. The van der Waals surface area contributed by atoms with Crippen LogP contribution in [0, 0.1) is 12.7 Å². The molecule has 1 aliphatic rings. The molecule has 0 aromatic carbocycles. The summed E-state index contributed by atoms with van der Waals surface area (Å²) in [5.41, 5.74) is -0.718. The summed E-state index contributed by atoms with van der Waals surface area (Å²) in [5, 5.41) is 5.87. The highest BCUT2D eigenvalue weighted by molar-refractivity contribution is 7.92. The summed E-state index contributed by atoms with van der Waals surface area (Å²) >= 11 is 0. The van der Waals surface area contributed by atoms with Crippen molar-refractivity contribution in [2.75, 3.05) is 11.1 Å². The lowest BCUT2D eigenvalue weighted by atomic mass is 10.0. The molecule has 188 valence electrons. The number of carbonyl (C=O) groups excluding carboxylic acids is 1. The van der Waals surface area contributed by atoms with Gasteiger partial charge in [-0.1, -0.05) is 0 Å². The number of amides is 1. The Morgan fingerprint density at radius 2 is 1.97 bits per heavy atom. The standard InChI is InChI=1S/C21H22F4N6O3S/c1-12-7-16(21(23,24)25)29-31(12)13(2)19(32)28-14-8-15(22)18(26-9-14)30-10-17(27-11-30)20(3)5-4-6-35(20,33)34/h7-11,13H,4-6H2,1-3H3,(H,28,32)/t13-,20-/m1/s1. The van der Waals surface area contributed by atoms with Gasteiger partial charge in [-0.25, -0.2) is 22.8 Å². The smallest absolute Gasteiger partial charge is 0.323 e. The molecule has 3 aromatic heterocycles. The number of aryl methyl sites for hydroxylation is 1. The fourth-order valence-electron chi connectivity index (χ4n) is 4.04. The maximum Gasteiger partial charge on any atom is 0.435 e. The molecule has 35 heavy (non-hydrogen) atoms. The molecule has 0 radical (unpaired) electrons. The van der Waals surface area contributed by atoms with E-state index in [1.54, 1.807) is 6.92 Å². The number of sulfone groups is 1. The highest BCUT2D eigenvalue weighted by Crippen LogP contribution is 2.40. The van der Waals surface area contributed by atoms with Crippen molar-refractivity contribution >= 4 is 21.4 Å². The Hall–Kier alpha value is -3.29. The molecule has 0 unspecified atom stereocenters. The molecule has 2 atom stereocenters. The molecule has 4 heterocycles. The van der Waals surface area contributed by atoms with E-state index in [2.05, 4.69) is 20.4 Å². The van der Waals surface area contributed by atoms with Crippen molar-refractivity contribution in [3.8, 4) is 5.82 Å². The maximum atomic E-state index is 14.8. The van der Waals surface area contributed by atoms with Crippen LogP contribution < -0.4 is 5.32 Å². The van der Waals surface area contributed by atoms with E-state index in [0.717, 1.165) is 16.8 Å². The minimum absolute atomic E-state index is 0.0189. The number of aromatic nitrogens is 5. The molecule has 0 aliphatic carbocycles. The second-order valence-corrected chi connectivity index (χ2v) is 11.2. The Balaban J connectivity index is 1.52. The number of nitrogens with one attached hydrogen (secondary N) is 1. The van der Waals surface area contributed by atoms with Gasteiger partial charge in [0.15, 0.2) is 27.2 Å². The van der Waals surface area contributed by atoms with Crippen LogP contribution in [0.15, 0.2) is 30.9 Å². The van der Waals surface area contributed by atoms with Gasteiger partial charge in [0.25, 0.3) is 0 Å². The number of rotatable bonds is 5. The molecule has 9 nitrogen and oxygen atoms in total. The normalized spacial score (nSPS) is 20.7. The van der Waals surface area contributed by atoms with E-state index in [-0.39, 0.29) is 28.6 Å². The van der Waals surface area contributed by atoms with Gasteiger partial charge in [-0.3, -0.25) is 14.0 Å². The molecule has 1 fully saturated rings. The van der Waals surface area contributed by atoms with Gasteiger partial charge in [-0.15, -0.1) is 0 Å². The monoisotopic (exact) mass is 514 g/mol. The van der Waals surface area contributed by atoms with Crippen molar-refractivity contribution in [3.05, 3.63) is 53.8 Å². The first-order valence-corrected chi connectivity index (χ1v) is 12.2. The van der Waals surface area contributed by atoms with Gasteiger partial charge in [0.05, 0.1) is 23.3 Å². The summed E-state index contributed by atoms with van der Waals surface area (Å²) < 4.78 is 79.4. The number of anilines is 1. The molecule has 0 spiro atoms. The van der Waals surface area contributed by atoms with Crippen LogP contribution in [-0.4, -0.2) is 44.4 Å². The van der Waals surface area contributed by atoms with Crippen molar-refractivity contribution in [3.63, 3.8) is 0 Å². The molecule has 0 saturated carbocycles. The number of carbonyl (C=O) groups is 1. The average Bonchev–Trinajstić information content (AvgIpc) is 3.46. The lowest BCUT2D eigenvalue weighted by molar-refractivity contribution is -0.141. The first-order chi connectivity index (χ1) is 16.2. The molecule has 3 aromatic rings. The number of imidazole rings is 1. The van der Waals surface area contributed by atoms with Gasteiger partial charge >= 0.3 is 6.18 Å². The first kappa shape index (κ1) is 24.8. The molecule has 0 bridgehead atoms. The van der Waals surface area contributed by atoms with Crippen LogP contribution in [0.4, 0.5) is 23.2 Å². The Morgan fingerprint density at radius 1 is 1.26 bits per heavy atom. The van der Waals surface area contributed by atoms with Gasteiger partial charge in [0.2, 0.25) is 5.91 Å². The lowest BCUT2D eigenvalue weighted by Crippen LogP contribution is -2.28. The van der Waals surface area contributed by atoms with E-state index in [4.69, 9.17) is 0 Å². The minimum Gasteiger partial charge on any atom is -0.323 e. The van der Waals surface area contributed by atoms with Gasteiger partial charge in [-0.2, -0.15) is 18.3 Å². The summed E-state index contributed by atoms with van der Waals surface area (Å²) in [5.74, 6) is -1.64. The van der Waals surface area contributed by atoms with Gasteiger partial charge in [-0.05, 0) is 39.7 Å². The number of nitrogens with zero attached hydrogens (tertiary/aromatic N) is 5. The number of hydrogen-bond acceptors (Lipinski definition) is 6. The van der Waals surface area contributed by atoms with Crippen molar-refractivity contribution < 1.29 is 30.8 Å². The van der Waals surface area contributed by atoms with Crippen LogP contribution in [0.1, 0.15) is 49.8 Å². The Labute approximate surface area is 198 Å². The zero-order chi connectivity index (χ0) is 25.8. The summed E-state index contributed by atoms with van der Waals surface area (Å²) in [6.07, 6.45) is 0.119. The molecule has 14 heteroatoms. The maximum absolute atomic E-state index is 14.8. The van der Waals surface area contributed by atoms with Crippen molar-refractivity contribution in [2.24, 2.45) is 0 Å². The van der Waals surface area contributed by atoms with Gasteiger partial charge in [0.1, 0.15) is 17.1 Å². The summed E-state index contributed by atoms with van der Waals surface area (Å²) in [6.45, 7) is 4.33. The Morgan fingerprint density at radius 3 is 2.54 bits per heavy atom. The average molecular weight is 515 g/mol. The molecule has 1 saturated heterocycles. The second kappa shape index (κ2) is 8.43. The highest BCUT2D eigenvalue weighted by Gasteiger charge is 2.46. The lowest BCUT2D eigenvalue weighted by Gasteiger charge is -2.19. The van der Waals surface area contributed by atoms with Crippen LogP contribution >= 0.6 is 0 Å². The summed E-state index contributed by atoms with van der Waals surface area (Å²) in [7, 11) is -3.39. The van der Waals surface area contributed by atoms with Gasteiger partial charge in [0, 0.05) is 18.0 Å². The SMILES string of the molecule is Cc1cc(C(F)(F)F)nn1[C@H](C)C(=O)Nc1cnc(-n2cnc([C@@]3(C)CCCS3(=O)=O)c2)c(F)c1. The topological polar surface area (TPSA) is 112 Å². The van der Waals surface area contributed by atoms with E-state index in [1.165, 1.54) is 37.1 Å². The third kappa shape index (κ3) is 4.42. The van der Waals surface area contributed by atoms with Crippen molar-refractivity contribution in [1.29, 1.82) is 0 Å². The van der Waals surface area contributed by atoms with Gasteiger partial charge < -0.3 is 5.32 Å². The van der Waals surface area contributed by atoms with E-state index < -0.39 is 44.2 Å². The predicted molar refractivity (Wildman–Crippen MR) is 117 cm³/mol. The van der Waals surface area contributed by atoms with Crippen LogP contribution in [0.5, 0.6) is 0 Å². The third-order valence-electron chi connectivity index (χ3n) is 6.17. The molecule has 1 N–H and O–H groups in total. The van der Waals surface area contributed by atoms with Crippen LogP contribution in [0.25, 0.3) is 5.82 Å². The van der Waals surface area contributed by atoms with Crippen LogP contribution in [-0.2, 0) is 25.6 Å². The molecule has 4 rings (SSSR count). The predicted octanol–water partition coefficient (Wildman–Crippen LogP) is 3.55. The van der Waals surface area contributed by atoms with E-state index in [9.17, 15) is 30.8 Å². The van der Waals surface area contributed by atoms with Crippen LogP contribution in [0.3, 0.4) is 0 Å². The fourth-order valence-corrected chi connectivity index (χ4v) is 5.90.